The molecule has 0 bridgehead atoms. The lowest BCUT2D eigenvalue weighted by Gasteiger charge is -2.02. The van der Waals surface area contributed by atoms with Crippen LogP contribution in [0.5, 0.6) is 0 Å². The number of carbonyl (C=O) groups excluding carboxylic acids is 1. The Morgan fingerprint density at radius 1 is 1.53 bits per heavy atom. The normalized spacial score (nSPS) is 10.3. The molecule has 0 spiro atoms. The van der Waals surface area contributed by atoms with Crippen LogP contribution in [-0.4, -0.2) is 12.6 Å². The zero-order valence-electron chi connectivity index (χ0n) is 8.39. The number of esters is 1. The largest absolute Gasteiger partial charge is 0.465 e. The van der Waals surface area contributed by atoms with Gasteiger partial charge >= 0.3 is 5.97 Å². The Balaban J connectivity index is 2.41. The maximum absolute atomic E-state index is 11.4. The average Bonchev–Trinajstić information content (AvgIpc) is 2.45. The summed E-state index contributed by atoms with van der Waals surface area (Å²) < 4.78 is 7.09. The van der Waals surface area contributed by atoms with Crippen LogP contribution < -0.4 is 0 Å². The molecule has 1 rings (SSSR count). The summed E-state index contributed by atoms with van der Waals surface area (Å²) in [7, 11) is 0. The van der Waals surface area contributed by atoms with E-state index in [9.17, 15) is 4.79 Å². The first-order chi connectivity index (χ1) is 7.13. The van der Waals surface area contributed by atoms with Crippen LogP contribution in [0.4, 0.5) is 0 Å². The third kappa shape index (κ3) is 4.66. The number of rotatable bonds is 5. The van der Waals surface area contributed by atoms with Gasteiger partial charge in [-0.15, -0.1) is 11.3 Å². The number of ether oxygens (including phenoxy) is 1. The molecule has 0 aromatic carbocycles. The Labute approximate surface area is 110 Å². The lowest BCUT2D eigenvalue weighted by atomic mass is 10.2. The van der Waals surface area contributed by atoms with Crippen molar-refractivity contribution >= 4 is 49.2 Å². The molecule has 0 aliphatic carbocycles. The van der Waals surface area contributed by atoms with Gasteiger partial charge in [0.2, 0.25) is 0 Å². The highest BCUT2D eigenvalue weighted by Crippen LogP contribution is 2.32. The number of carbonyl (C=O) groups is 1. The Hall–Kier alpha value is 0.130. The standard InChI is InChI=1S/C10H12Br2O2S/c1-2-3-4-14-9(13)6-7-5-8(11)15-10(7)12/h5H,2-4,6H2,1H3. The van der Waals surface area contributed by atoms with Crippen molar-refractivity contribution in [1.82, 2.24) is 0 Å². The van der Waals surface area contributed by atoms with Crippen LogP contribution in [0.2, 0.25) is 0 Å². The molecular formula is C10H12Br2O2S. The van der Waals surface area contributed by atoms with E-state index in [0.717, 1.165) is 26.0 Å². The van der Waals surface area contributed by atoms with E-state index in [4.69, 9.17) is 4.74 Å². The fourth-order valence-electron chi connectivity index (χ4n) is 1.03. The summed E-state index contributed by atoms with van der Waals surface area (Å²) in [6.07, 6.45) is 2.31. The molecule has 0 aliphatic heterocycles. The molecule has 0 radical (unpaired) electrons. The monoisotopic (exact) mass is 354 g/mol. The number of thiophene rings is 1. The van der Waals surface area contributed by atoms with Crippen molar-refractivity contribution in [2.45, 2.75) is 26.2 Å². The summed E-state index contributed by atoms with van der Waals surface area (Å²) in [5.74, 6) is -0.158. The second-order valence-corrected chi connectivity index (χ2v) is 6.85. The van der Waals surface area contributed by atoms with E-state index in [2.05, 4.69) is 38.8 Å². The van der Waals surface area contributed by atoms with E-state index in [1.807, 2.05) is 6.07 Å². The van der Waals surface area contributed by atoms with Crippen LogP contribution in [0, 0.1) is 0 Å². The predicted octanol–water partition coefficient (Wildman–Crippen LogP) is 4.16. The predicted molar refractivity (Wildman–Crippen MR) is 69.3 cm³/mol. The summed E-state index contributed by atoms with van der Waals surface area (Å²) in [6.45, 7) is 2.60. The zero-order chi connectivity index (χ0) is 11.3. The van der Waals surface area contributed by atoms with Crippen molar-refractivity contribution in [1.29, 1.82) is 0 Å². The second kappa shape index (κ2) is 6.66. The molecular weight excluding hydrogens is 344 g/mol. The Morgan fingerprint density at radius 3 is 2.80 bits per heavy atom. The van der Waals surface area contributed by atoms with Crippen molar-refractivity contribution < 1.29 is 9.53 Å². The number of halogens is 2. The summed E-state index contributed by atoms with van der Waals surface area (Å²) >= 11 is 8.35. The highest BCUT2D eigenvalue weighted by Gasteiger charge is 2.10. The second-order valence-electron chi connectivity index (χ2n) is 3.10. The molecule has 0 atom stereocenters. The summed E-state index contributed by atoms with van der Waals surface area (Å²) in [6, 6.07) is 1.94. The van der Waals surface area contributed by atoms with Gasteiger partial charge in [-0.3, -0.25) is 4.79 Å². The van der Waals surface area contributed by atoms with E-state index in [1.165, 1.54) is 0 Å². The van der Waals surface area contributed by atoms with Crippen molar-refractivity contribution in [3.05, 3.63) is 19.2 Å². The van der Waals surface area contributed by atoms with Crippen molar-refractivity contribution in [2.24, 2.45) is 0 Å². The molecule has 0 fully saturated rings. The maximum atomic E-state index is 11.4. The molecule has 0 unspecified atom stereocenters. The first kappa shape index (κ1) is 13.2. The van der Waals surface area contributed by atoms with Crippen LogP contribution in [0.25, 0.3) is 0 Å². The van der Waals surface area contributed by atoms with Crippen molar-refractivity contribution in [3.8, 4) is 0 Å². The fraction of sp³-hybridized carbons (Fsp3) is 0.500. The first-order valence-electron chi connectivity index (χ1n) is 4.72. The van der Waals surface area contributed by atoms with Gasteiger partial charge in [0.05, 0.1) is 20.6 Å². The smallest absolute Gasteiger partial charge is 0.310 e. The highest BCUT2D eigenvalue weighted by atomic mass is 79.9. The minimum absolute atomic E-state index is 0.158. The van der Waals surface area contributed by atoms with Gasteiger partial charge in [-0.25, -0.2) is 0 Å². The van der Waals surface area contributed by atoms with Crippen LogP contribution in [0.3, 0.4) is 0 Å². The van der Waals surface area contributed by atoms with Crippen LogP contribution in [0.1, 0.15) is 25.3 Å². The van der Waals surface area contributed by atoms with Gasteiger partial charge in [0.15, 0.2) is 0 Å². The summed E-state index contributed by atoms with van der Waals surface area (Å²) in [5.41, 5.74) is 0.980. The van der Waals surface area contributed by atoms with Gasteiger partial charge in [0.1, 0.15) is 0 Å². The molecule has 0 N–H and O–H groups in total. The van der Waals surface area contributed by atoms with Crippen molar-refractivity contribution in [3.63, 3.8) is 0 Å². The van der Waals surface area contributed by atoms with Gasteiger partial charge in [-0.2, -0.15) is 0 Å². The fourth-order valence-corrected chi connectivity index (χ4v) is 3.86. The molecule has 2 nitrogen and oxygen atoms in total. The third-order valence-corrected chi connectivity index (χ3v) is 4.29. The number of unbranched alkanes of at least 4 members (excludes halogenated alkanes) is 1. The van der Waals surface area contributed by atoms with E-state index >= 15 is 0 Å². The number of hydrogen-bond donors (Lipinski definition) is 0. The van der Waals surface area contributed by atoms with E-state index in [0.29, 0.717) is 13.0 Å². The topological polar surface area (TPSA) is 26.3 Å². The van der Waals surface area contributed by atoms with Gasteiger partial charge < -0.3 is 4.74 Å². The minimum atomic E-state index is -0.158. The van der Waals surface area contributed by atoms with E-state index in [-0.39, 0.29) is 5.97 Å². The average molecular weight is 356 g/mol. The Morgan fingerprint density at radius 2 is 2.27 bits per heavy atom. The SMILES string of the molecule is CCCCOC(=O)Cc1cc(Br)sc1Br. The van der Waals surface area contributed by atoms with Gasteiger partial charge in [-0.1, -0.05) is 13.3 Å². The Kier molecular flexibility index (Phi) is 5.86. The van der Waals surface area contributed by atoms with Crippen LogP contribution >= 0.6 is 43.2 Å². The zero-order valence-corrected chi connectivity index (χ0v) is 12.4. The maximum Gasteiger partial charge on any atom is 0.310 e. The van der Waals surface area contributed by atoms with Gasteiger partial charge in [0, 0.05) is 0 Å². The van der Waals surface area contributed by atoms with Gasteiger partial charge in [0.25, 0.3) is 0 Å². The molecule has 1 heterocycles. The minimum Gasteiger partial charge on any atom is -0.465 e. The van der Waals surface area contributed by atoms with E-state index in [1.54, 1.807) is 11.3 Å². The molecule has 0 saturated carbocycles. The lowest BCUT2D eigenvalue weighted by molar-refractivity contribution is -0.142. The van der Waals surface area contributed by atoms with E-state index < -0.39 is 0 Å². The van der Waals surface area contributed by atoms with Crippen LogP contribution in [0.15, 0.2) is 13.6 Å². The summed E-state index contributed by atoms with van der Waals surface area (Å²) in [5, 5.41) is 0. The van der Waals surface area contributed by atoms with Crippen molar-refractivity contribution in [2.75, 3.05) is 6.61 Å². The highest BCUT2D eigenvalue weighted by molar-refractivity contribution is 9.12. The van der Waals surface area contributed by atoms with Gasteiger partial charge in [-0.05, 0) is 49.9 Å². The Bertz CT molecular complexity index is 336. The lowest BCUT2D eigenvalue weighted by Crippen LogP contribution is -2.08. The molecule has 1 aromatic rings. The summed E-state index contributed by atoms with van der Waals surface area (Å²) in [4.78, 5) is 11.4. The first-order valence-corrected chi connectivity index (χ1v) is 7.13. The molecule has 0 aliphatic rings. The van der Waals surface area contributed by atoms with Crippen LogP contribution in [-0.2, 0) is 16.0 Å². The molecule has 1 aromatic heterocycles. The molecule has 15 heavy (non-hydrogen) atoms. The molecule has 84 valence electrons. The number of hydrogen-bond acceptors (Lipinski definition) is 3. The molecule has 0 amide bonds. The quantitative estimate of drug-likeness (QED) is 0.585. The third-order valence-electron chi connectivity index (χ3n) is 1.82. The molecule has 0 saturated heterocycles. The molecule has 5 heteroatoms.